The molecular formula is C25H28N2O5. The Labute approximate surface area is 187 Å². The van der Waals surface area contributed by atoms with Crippen molar-refractivity contribution in [2.24, 2.45) is 5.92 Å². The molecule has 0 unspecified atom stereocenters. The maximum absolute atomic E-state index is 12.5. The van der Waals surface area contributed by atoms with Crippen molar-refractivity contribution in [1.29, 1.82) is 0 Å². The molecule has 1 fully saturated rings. The van der Waals surface area contributed by atoms with Crippen LogP contribution in [0.1, 0.15) is 43.2 Å². The van der Waals surface area contributed by atoms with Gasteiger partial charge in [0.2, 0.25) is 5.91 Å². The van der Waals surface area contributed by atoms with Crippen LogP contribution in [0.15, 0.2) is 48.5 Å². The molecule has 0 radical (unpaired) electrons. The average molecular weight is 437 g/mol. The lowest BCUT2D eigenvalue weighted by Crippen LogP contribution is -2.54. The monoisotopic (exact) mass is 436 g/mol. The lowest BCUT2D eigenvalue weighted by Gasteiger charge is -2.37. The summed E-state index contributed by atoms with van der Waals surface area (Å²) in [7, 11) is 0. The van der Waals surface area contributed by atoms with Crippen molar-refractivity contribution in [1.82, 2.24) is 10.2 Å². The number of hydrogen-bond acceptors (Lipinski definition) is 4. The van der Waals surface area contributed by atoms with Crippen molar-refractivity contribution in [3.63, 3.8) is 0 Å². The quantitative estimate of drug-likeness (QED) is 0.659. The topological polar surface area (TPSA) is 95.9 Å². The Hall–Kier alpha value is -3.35. The summed E-state index contributed by atoms with van der Waals surface area (Å²) >= 11 is 0. The van der Waals surface area contributed by atoms with E-state index in [4.69, 9.17) is 9.84 Å². The first-order valence-corrected chi connectivity index (χ1v) is 11.1. The van der Waals surface area contributed by atoms with E-state index in [-0.39, 0.29) is 44.0 Å². The molecule has 2 aromatic carbocycles. The highest BCUT2D eigenvalue weighted by Gasteiger charge is 2.36. The van der Waals surface area contributed by atoms with Crippen LogP contribution in [0.2, 0.25) is 0 Å². The Morgan fingerprint density at radius 2 is 1.66 bits per heavy atom. The van der Waals surface area contributed by atoms with Gasteiger partial charge in [-0.15, -0.1) is 0 Å². The Bertz CT molecular complexity index is 969. The van der Waals surface area contributed by atoms with Crippen molar-refractivity contribution < 1.29 is 24.2 Å². The fraction of sp³-hybridized carbons (Fsp3) is 0.400. The number of carboxylic acid groups (broad SMARTS) is 1. The minimum absolute atomic E-state index is 0.0200. The molecule has 0 aromatic heterocycles. The van der Waals surface area contributed by atoms with Crippen LogP contribution in [0, 0.1) is 5.92 Å². The molecule has 1 saturated heterocycles. The second-order valence-electron chi connectivity index (χ2n) is 8.49. The Kier molecular flexibility index (Phi) is 6.44. The molecule has 2 N–H and O–H groups in total. The number of alkyl carbamates (subject to hydrolysis) is 1. The van der Waals surface area contributed by atoms with Crippen LogP contribution in [0.4, 0.5) is 4.79 Å². The molecule has 1 heterocycles. The number of nitrogens with one attached hydrogen (secondary N) is 1. The first-order chi connectivity index (χ1) is 15.5. The number of ether oxygens (including phenoxy) is 1. The first-order valence-electron chi connectivity index (χ1n) is 11.1. The highest BCUT2D eigenvalue weighted by Crippen LogP contribution is 2.44. The van der Waals surface area contributed by atoms with E-state index in [0.717, 1.165) is 17.5 Å². The number of benzene rings is 2. The van der Waals surface area contributed by atoms with E-state index < -0.39 is 18.0 Å². The van der Waals surface area contributed by atoms with Crippen LogP contribution in [-0.2, 0) is 14.3 Å². The fourth-order valence-corrected chi connectivity index (χ4v) is 4.56. The molecule has 168 valence electrons. The second-order valence-corrected chi connectivity index (χ2v) is 8.49. The molecule has 1 atom stereocenters. The number of fused-ring (bicyclic) bond motifs is 3. The van der Waals surface area contributed by atoms with Crippen molar-refractivity contribution in [3.8, 4) is 11.1 Å². The lowest BCUT2D eigenvalue weighted by molar-refractivity contribution is -0.152. The zero-order chi connectivity index (χ0) is 22.7. The third-order valence-corrected chi connectivity index (χ3v) is 6.31. The van der Waals surface area contributed by atoms with Gasteiger partial charge in [-0.3, -0.25) is 9.59 Å². The Balaban J connectivity index is 1.33. The third-order valence-electron chi connectivity index (χ3n) is 6.31. The molecule has 4 rings (SSSR count). The normalized spacial score (nSPS) is 16.0. The molecule has 2 aliphatic rings. The van der Waals surface area contributed by atoms with Crippen molar-refractivity contribution in [2.45, 2.75) is 38.1 Å². The summed E-state index contributed by atoms with van der Waals surface area (Å²) < 4.78 is 5.59. The highest BCUT2D eigenvalue weighted by molar-refractivity contribution is 5.82. The number of amides is 2. The van der Waals surface area contributed by atoms with E-state index in [0.29, 0.717) is 6.42 Å². The summed E-state index contributed by atoms with van der Waals surface area (Å²) in [6.07, 6.45) is 1.06. The molecule has 7 heteroatoms. The van der Waals surface area contributed by atoms with Gasteiger partial charge in [-0.05, 0) is 28.7 Å². The standard InChI is InChI=1S/C25H28N2O5/c1-2-7-17(12-23(28)27-13-16(14-27)24(29)30)26-25(31)32-15-22-20-10-5-3-8-18(20)19-9-4-6-11-21(19)22/h3-6,8-11,16-17,22H,2,7,12-15H2,1H3,(H,26,31)(H,29,30)/t17-/m1/s1. The zero-order valence-electron chi connectivity index (χ0n) is 18.1. The Morgan fingerprint density at radius 1 is 1.06 bits per heavy atom. The van der Waals surface area contributed by atoms with E-state index >= 15 is 0 Å². The molecule has 7 nitrogen and oxygen atoms in total. The van der Waals surface area contributed by atoms with Crippen LogP contribution >= 0.6 is 0 Å². The van der Waals surface area contributed by atoms with Crippen LogP contribution in [-0.4, -0.2) is 53.7 Å². The summed E-state index contributed by atoms with van der Waals surface area (Å²) in [6, 6.07) is 16.0. The summed E-state index contributed by atoms with van der Waals surface area (Å²) in [5, 5.41) is 11.8. The summed E-state index contributed by atoms with van der Waals surface area (Å²) in [5.41, 5.74) is 4.63. The number of likely N-dealkylation sites (tertiary alicyclic amines) is 1. The number of rotatable bonds is 8. The van der Waals surface area contributed by atoms with Crippen LogP contribution in [0.3, 0.4) is 0 Å². The van der Waals surface area contributed by atoms with Crippen molar-refractivity contribution in [2.75, 3.05) is 19.7 Å². The van der Waals surface area contributed by atoms with E-state index in [1.54, 1.807) is 0 Å². The molecular weight excluding hydrogens is 408 g/mol. The predicted molar refractivity (Wildman–Crippen MR) is 119 cm³/mol. The molecule has 1 aliphatic carbocycles. The number of carbonyl (C=O) groups excluding carboxylic acids is 2. The summed E-state index contributed by atoms with van der Waals surface area (Å²) in [5.74, 6) is -1.53. The smallest absolute Gasteiger partial charge is 0.407 e. The Morgan fingerprint density at radius 3 is 2.22 bits per heavy atom. The third kappa shape index (κ3) is 4.47. The van der Waals surface area contributed by atoms with Crippen molar-refractivity contribution >= 4 is 18.0 Å². The van der Waals surface area contributed by atoms with Crippen LogP contribution in [0.25, 0.3) is 11.1 Å². The van der Waals surface area contributed by atoms with Crippen LogP contribution < -0.4 is 5.32 Å². The molecule has 0 saturated carbocycles. The number of carboxylic acids is 1. The second kappa shape index (κ2) is 9.42. The highest BCUT2D eigenvalue weighted by atomic mass is 16.5. The molecule has 0 spiro atoms. The first kappa shape index (κ1) is 21.9. The van der Waals surface area contributed by atoms with Gasteiger partial charge in [0.1, 0.15) is 6.61 Å². The minimum Gasteiger partial charge on any atom is -0.481 e. The number of carbonyl (C=O) groups is 3. The van der Waals surface area contributed by atoms with Gasteiger partial charge >= 0.3 is 12.1 Å². The van der Waals surface area contributed by atoms with Crippen molar-refractivity contribution in [3.05, 3.63) is 59.7 Å². The zero-order valence-corrected chi connectivity index (χ0v) is 18.1. The van der Waals surface area contributed by atoms with Gasteiger partial charge < -0.3 is 20.1 Å². The van der Waals surface area contributed by atoms with Crippen LogP contribution in [0.5, 0.6) is 0 Å². The molecule has 2 amide bonds. The number of nitrogens with zero attached hydrogens (tertiary/aromatic N) is 1. The average Bonchev–Trinajstić information content (AvgIpc) is 3.05. The minimum atomic E-state index is -0.879. The SMILES string of the molecule is CCC[C@H](CC(=O)N1CC(C(=O)O)C1)NC(=O)OCC1c2ccccc2-c2ccccc21. The summed E-state index contributed by atoms with van der Waals surface area (Å²) in [4.78, 5) is 37.5. The van der Waals surface area contributed by atoms with E-state index in [9.17, 15) is 14.4 Å². The van der Waals surface area contributed by atoms with Gasteiger partial charge in [-0.1, -0.05) is 61.9 Å². The molecule has 1 aliphatic heterocycles. The van der Waals surface area contributed by atoms with Gasteiger partial charge in [0.05, 0.1) is 5.92 Å². The van der Waals surface area contributed by atoms with Gasteiger partial charge in [0.25, 0.3) is 0 Å². The van der Waals surface area contributed by atoms with E-state index in [2.05, 4.69) is 29.6 Å². The largest absolute Gasteiger partial charge is 0.481 e. The van der Waals surface area contributed by atoms with Gasteiger partial charge in [0.15, 0.2) is 0 Å². The van der Waals surface area contributed by atoms with E-state index in [1.807, 2.05) is 31.2 Å². The van der Waals surface area contributed by atoms with Gasteiger partial charge in [0, 0.05) is 31.5 Å². The lowest BCUT2D eigenvalue weighted by atomic mass is 9.98. The maximum Gasteiger partial charge on any atom is 0.407 e. The molecule has 0 bridgehead atoms. The number of hydrogen-bond donors (Lipinski definition) is 2. The molecule has 2 aromatic rings. The predicted octanol–water partition coefficient (Wildman–Crippen LogP) is 3.63. The number of aliphatic carboxylic acids is 1. The van der Waals surface area contributed by atoms with Gasteiger partial charge in [-0.2, -0.15) is 0 Å². The molecule has 32 heavy (non-hydrogen) atoms. The van der Waals surface area contributed by atoms with Gasteiger partial charge in [-0.25, -0.2) is 4.79 Å². The fourth-order valence-electron chi connectivity index (χ4n) is 4.56. The summed E-state index contributed by atoms with van der Waals surface area (Å²) in [6.45, 7) is 2.68. The maximum atomic E-state index is 12.5. The van der Waals surface area contributed by atoms with E-state index in [1.165, 1.54) is 16.0 Å².